The molecule has 0 atom stereocenters. The SMILES string of the molecule is CN=C(NCc1ccccc1CN1CCCC1=O)NC(C)(C)C. The summed E-state index contributed by atoms with van der Waals surface area (Å²) in [6.45, 7) is 8.57. The van der Waals surface area contributed by atoms with Gasteiger partial charge in [-0.3, -0.25) is 9.79 Å². The fourth-order valence-electron chi connectivity index (χ4n) is 2.67. The first-order valence-corrected chi connectivity index (χ1v) is 8.22. The minimum absolute atomic E-state index is 0.0384. The Morgan fingerprint density at radius 3 is 2.52 bits per heavy atom. The minimum atomic E-state index is -0.0384. The average Bonchev–Trinajstić information content (AvgIpc) is 2.89. The number of carbonyl (C=O) groups excluding carboxylic acids is 1. The molecule has 0 saturated carbocycles. The lowest BCUT2D eigenvalue weighted by Crippen LogP contribution is -2.47. The zero-order chi connectivity index (χ0) is 16.9. The molecule has 2 N–H and O–H groups in total. The number of guanidine groups is 1. The molecule has 0 aliphatic carbocycles. The van der Waals surface area contributed by atoms with Crippen LogP contribution in [0.15, 0.2) is 29.3 Å². The fourth-order valence-corrected chi connectivity index (χ4v) is 2.67. The highest BCUT2D eigenvalue weighted by molar-refractivity contribution is 5.80. The van der Waals surface area contributed by atoms with Crippen molar-refractivity contribution < 1.29 is 4.79 Å². The predicted octanol–water partition coefficient (Wildman–Crippen LogP) is 2.27. The van der Waals surface area contributed by atoms with Crippen LogP contribution in [0.4, 0.5) is 0 Å². The summed E-state index contributed by atoms with van der Waals surface area (Å²) in [4.78, 5) is 18.0. The first-order valence-electron chi connectivity index (χ1n) is 8.22. The predicted molar refractivity (Wildman–Crippen MR) is 94.2 cm³/mol. The summed E-state index contributed by atoms with van der Waals surface area (Å²) in [6.07, 6.45) is 1.66. The van der Waals surface area contributed by atoms with E-state index in [0.29, 0.717) is 19.5 Å². The van der Waals surface area contributed by atoms with Crippen molar-refractivity contribution in [2.75, 3.05) is 13.6 Å². The highest BCUT2D eigenvalue weighted by Gasteiger charge is 2.21. The largest absolute Gasteiger partial charge is 0.352 e. The van der Waals surface area contributed by atoms with Crippen LogP contribution in [0, 0.1) is 0 Å². The molecule has 0 radical (unpaired) electrons. The second-order valence-electron chi connectivity index (χ2n) is 6.99. The normalized spacial score (nSPS) is 15.9. The summed E-state index contributed by atoms with van der Waals surface area (Å²) in [5.41, 5.74) is 2.36. The van der Waals surface area contributed by atoms with E-state index in [1.54, 1.807) is 7.05 Å². The zero-order valence-corrected chi connectivity index (χ0v) is 14.6. The number of aliphatic imine (C=N–C) groups is 1. The Hall–Kier alpha value is -2.04. The number of carbonyl (C=O) groups is 1. The second kappa shape index (κ2) is 7.49. The number of rotatable bonds is 4. The lowest BCUT2D eigenvalue weighted by atomic mass is 10.1. The Kier molecular flexibility index (Phi) is 5.64. The van der Waals surface area contributed by atoms with Crippen molar-refractivity contribution in [2.24, 2.45) is 4.99 Å². The van der Waals surface area contributed by atoms with Crippen LogP contribution in [-0.2, 0) is 17.9 Å². The Bertz CT molecular complexity index is 575. The van der Waals surface area contributed by atoms with Crippen LogP contribution in [0.3, 0.4) is 0 Å². The van der Waals surface area contributed by atoms with Gasteiger partial charge in [0.25, 0.3) is 0 Å². The molecule has 1 aromatic carbocycles. The van der Waals surface area contributed by atoms with Crippen LogP contribution in [0.25, 0.3) is 0 Å². The van der Waals surface area contributed by atoms with Crippen molar-refractivity contribution in [3.05, 3.63) is 35.4 Å². The van der Waals surface area contributed by atoms with Crippen molar-refractivity contribution in [1.82, 2.24) is 15.5 Å². The Labute approximate surface area is 139 Å². The van der Waals surface area contributed by atoms with Gasteiger partial charge >= 0.3 is 0 Å². The van der Waals surface area contributed by atoms with E-state index in [9.17, 15) is 4.79 Å². The van der Waals surface area contributed by atoms with E-state index in [2.05, 4.69) is 48.5 Å². The van der Waals surface area contributed by atoms with Gasteiger partial charge in [-0.25, -0.2) is 0 Å². The lowest BCUT2D eigenvalue weighted by molar-refractivity contribution is -0.128. The molecule has 1 heterocycles. The van der Waals surface area contributed by atoms with E-state index < -0.39 is 0 Å². The molecule has 0 unspecified atom stereocenters. The van der Waals surface area contributed by atoms with Gasteiger partial charge < -0.3 is 15.5 Å². The van der Waals surface area contributed by atoms with Gasteiger partial charge in [0.15, 0.2) is 5.96 Å². The minimum Gasteiger partial charge on any atom is -0.352 e. The molecule has 0 spiro atoms. The molecule has 1 aromatic rings. The lowest BCUT2D eigenvalue weighted by Gasteiger charge is -2.24. The third-order valence-corrected chi connectivity index (χ3v) is 3.81. The first-order chi connectivity index (χ1) is 10.9. The smallest absolute Gasteiger partial charge is 0.222 e. The maximum Gasteiger partial charge on any atom is 0.222 e. The third kappa shape index (κ3) is 5.27. The van der Waals surface area contributed by atoms with Gasteiger partial charge in [0, 0.05) is 38.6 Å². The van der Waals surface area contributed by atoms with Crippen molar-refractivity contribution >= 4 is 11.9 Å². The molecule has 1 aliphatic heterocycles. The van der Waals surface area contributed by atoms with Gasteiger partial charge in [-0.2, -0.15) is 0 Å². The third-order valence-electron chi connectivity index (χ3n) is 3.81. The van der Waals surface area contributed by atoms with Crippen LogP contribution in [-0.4, -0.2) is 35.9 Å². The molecule has 0 bridgehead atoms. The molecule has 5 heteroatoms. The van der Waals surface area contributed by atoms with Gasteiger partial charge in [0.2, 0.25) is 5.91 Å². The van der Waals surface area contributed by atoms with Crippen molar-refractivity contribution in [1.29, 1.82) is 0 Å². The van der Waals surface area contributed by atoms with Gasteiger partial charge in [-0.15, -0.1) is 0 Å². The number of benzene rings is 1. The van der Waals surface area contributed by atoms with Gasteiger partial charge in [-0.1, -0.05) is 24.3 Å². The zero-order valence-electron chi connectivity index (χ0n) is 14.6. The van der Waals surface area contributed by atoms with Crippen LogP contribution < -0.4 is 10.6 Å². The van der Waals surface area contributed by atoms with E-state index in [0.717, 1.165) is 18.9 Å². The molecule has 1 aliphatic rings. The van der Waals surface area contributed by atoms with Gasteiger partial charge in [-0.05, 0) is 38.3 Å². The summed E-state index contributed by atoms with van der Waals surface area (Å²) in [5, 5.41) is 6.70. The molecule has 5 nitrogen and oxygen atoms in total. The first kappa shape index (κ1) is 17.3. The molecule has 1 saturated heterocycles. The topological polar surface area (TPSA) is 56.7 Å². The summed E-state index contributed by atoms with van der Waals surface area (Å²) < 4.78 is 0. The second-order valence-corrected chi connectivity index (χ2v) is 6.99. The number of amides is 1. The summed E-state index contributed by atoms with van der Waals surface area (Å²) >= 11 is 0. The van der Waals surface area contributed by atoms with Crippen molar-refractivity contribution in [3.8, 4) is 0 Å². The van der Waals surface area contributed by atoms with E-state index in [4.69, 9.17) is 0 Å². The van der Waals surface area contributed by atoms with Crippen LogP contribution in [0.2, 0.25) is 0 Å². The summed E-state index contributed by atoms with van der Waals surface area (Å²) in [7, 11) is 1.77. The molecule has 126 valence electrons. The molecule has 23 heavy (non-hydrogen) atoms. The summed E-state index contributed by atoms with van der Waals surface area (Å²) in [5.74, 6) is 1.04. The van der Waals surface area contributed by atoms with Crippen molar-refractivity contribution in [2.45, 2.75) is 52.2 Å². The van der Waals surface area contributed by atoms with Crippen molar-refractivity contribution in [3.63, 3.8) is 0 Å². The molecule has 2 rings (SSSR count). The van der Waals surface area contributed by atoms with E-state index in [1.807, 2.05) is 17.0 Å². The van der Waals surface area contributed by atoms with Gasteiger partial charge in [0.05, 0.1) is 0 Å². The van der Waals surface area contributed by atoms with Crippen LogP contribution in [0.5, 0.6) is 0 Å². The molecular formula is C18H28N4O. The highest BCUT2D eigenvalue weighted by Crippen LogP contribution is 2.17. The Morgan fingerprint density at radius 2 is 1.96 bits per heavy atom. The highest BCUT2D eigenvalue weighted by atomic mass is 16.2. The standard InChI is InChI=1S/C18H28N4O/c1-18(2,3)21-17(19-4)20-12-14-8-5-6-9-15(14)13-22-11-7-10-16(22)23/h5-6,8-9H,7,10-13H2,1-4H3,(H2,19,20,21). The Morgan fingerprint density at radius 1 is 1.26 bits per heavy atom. The monoisotopic (exact) mass is 316 g/mol. The molecule has 0 aromatic heterocycles. The van der Waals surface area contributed by atoms with E-state index in [1.165, 1.54) is 11.1 Å². The fraction of sp³-hybridized carbons (Fsp3) is 0.556. The maximum atomic E-state index is 11.8. The molecule has 1 fully saturated rings. The summed E-state index contributed by atoms with van der Waals surface area (Å²) in [6, 6.07) is 8.27. The number of hydrogen-bond acceptors (Lipinski definition) is 2. The van der Waals surface area contributed by atoms with Gasteiger partial charge in [0.1, 0.15) is 0 Å². The Balaban J connectivity index is 2.01. The van der Waals surface area contributed by atoms with Crippen LogP contribution >= 0.6 is 0 Å². The number of likely N-dealkylation sites (tertiary alicyclic amines) is 1. The quantitative estimate of drug-likeness (QED) is 0.662. The van der Waals surface area contributed by atoms with Crippen LogP contribution in [0.1, 0.15) is 44.7 Å². The number of nitrogens with one attached hydrogen (secondary N) is 2. The number of nitrogens with zero attached hydrogens (tertiary/aromatic N) is 2. The van der Waals surface area contributed by atoms with E-state index >= 15 is 0 Å². The maximum absolute atomic E-state index is 11.8. The molecular weight excluding hydrogens is 288 g/mol. The van der Waals surface area contributed by atoms with E-state index in [-0.39, 0.29) is 11.4 Å². The average molecular weight is 316 g/mol. The number of hydrogen-bond donors (Lipinski definition) is 2. The molecule has 1 amide bonds.